The topological polar surface area (TPSA) is 68.1 Å². The fraction of sp³-hybridized carbons (Fsp3) is 0.0294. The van der Waals surface area contributed by atoms with Gasteiger partial charge in [0.25, 0.3) is 0 Å². The summed E-state index contributed by atoms with van der Waals surface area (Å²) in [7, 11) is 0. The van der Waals surface area contributed by atoms with E-state index in [9.17, 15) is 4.79 Å². The summed E-state index contributed by atoms with van der Waals surface area (Å²) in [5, 5.41) is 0. The second-order valence-corrected chi connectivity index (χ2v) is 8.92. The van der Waals surface area contributed by atoms with Crippen molar-refractivity contribution in [2.45, 2.75) is 6.92 Å². The third-order valence-corrected chi connectivity index (χ3v) is 6.28. The van der Waals surface area contributed by atoms with Gasteiger partial charge in [0.1, 0.15) is 0 Å². The normalized spacial score (nSPS) is 11.5. The molecule has 0 radical (unpaired) electrons. The third-order valence-electron chi connectivity index (χ3n) is 6.28. The maximum atomic E-state index is 14.2. The molecule has 0 aliphatic rings. The molecule has 0 amide bonds. The van der Waals surface area contributed by atoms with Crippen LogP contribution < -0.4 is 0 Å². The molecule has 0 fully saturated rings. The van der Waals surface area contributed by atoms with Crippen LogP contribution in [0, 0.1) is 0 Å². The highest BCUT2D eigenvalue weighted by Gasteiger charge is 2.16. The third kappa shape index (κ3) is 5.84. The Bertz CT molecular complexity index is 1620. The summed E-state index contributed by atoms with van der Waals surface area (Å²) in [5.41, 5.74) is 8.32. The van der Waals surface area contributed by atoms with Crippen molar-refractivity contribution < 1.29 is 4.79 Å². The Morgan fingerprint density at radius 2 is 1.13 bits per heavy atom. The van der Waals surface area contributed by atoms with Crippen LogP contribution in [-0.2, 0) is 0 Å². The lowest BCUT2D eigenvalue weighted by atomic mass is 9.91. The fourth-order valence-electron chi connectivity index (χ4n) is 4.44. The molecule has 5 rings (SSSR count). The van der Waals surface area contributed by atoms with Gasteiger partial charge >= 0.3 is 0 Å². The van der Waals surface area contributed by atoms with Crippen LogP contribution in [-0.4, -0.2) is 27.5 Å². The maximum absolute atomic E-state index is 14.2. The second-order valence-electron chi connectivity index (χ2n) is 8.92. The van der Waals surface area contributed by atoms with Crippen LogP contribution in [0.25, 0.3) is 39.0 Å². The molecule has 0 atom stereocenters. The first-order valence-corrected chi connectivity index (χ1v) is 12.5. The lowest BCUT2D eigenvalue weighted by Gasteiger charge is -2.13. The van der Waals surface area contributed by atoms with Gasteiger partial charge in [-0.25, -0.2) is 0 Å². The van der Waals surface area contributed by atoms with E-state index in [-0.39, 0.29) is 5.78 Å². The molecule has 3 heterocycles. The lowest BCUT2D eigenvalue weighted by Crippen LogP contribution is -2.04. The van der Waals surface area contributed by atoms with Crippen molar-refractivity contribution >= 4 is 18.1 Å². The van der Waals surface area contributed by atoms with Crippen LogP contribution in [0.1, 0.15) is 28.4 Å². The van der Waals surface area contributed by atoms with E-state index in [1.807, 2.05) is 85.8 Å². The molecule has 0 spiro atoms. The quantitative estimate of drug-likeness (QED) is 0.123. The van der Waals surface area contributed by atoms with E-state index >= 15 is 0 Å². The Morgan fingerprint density at radius 1 is 0.667 bits per heavy atom. The highest BCUT2D eigenvalue weighted by atomic mass is 16.1. The first-order chi connectivity index (χ1) is 19.2. The Labute approximate surface area is 228 Å². The average Bonchev–Trinajstić information content (AvgIpc) is 3.01. The number of aliphatic imine (C=N–C) groups is 1. The minimum absolute atomic E-state index is 0.0933. The number of carbonyl (C=O) groups excluding carboxylic acids is 1. The molecule has 39 heavy (non-hydrogen) atoms. The number of allylic oxidation sites excluding steroid dienone is 3. The molecule has 0 saturated heterocycles. The molecule has 0 saturated carbocycles. The van der Waals surface area contributed by atoms with E-state index in [1.54, 1.807) is 43.4 Å². The predicted octanol–water partition coefficient (Wildman–Crippen LogP) is 7.72. The number of hydrogen-bond acceptors (Lipinski definition) is 5. The maximum Gasteiger partial charge on any atom is 0.193 e. The van der Waals surface area contributed by atoms with Crippen LogP contribution in [0.2, 0.25) is 0 Å². The van der Waals surface area contributed by atoms with Crippen molar-refractivity contribution in [1.29, 1.82) is 0 Å². The monoisotopic (exact) mass is 506 g/mol. The van der Waals surface area contributed by atoms with Gasteiger partial charge in [0.15, 0.2) is 5.78 Å². The van der Waals surface area contributed by atoms with Crippen molar-refractivity contribution in [3.8, 4) is 33.4 Å². The Morgan fingerprint density at radius 3 is 1.56 bits per heavy atom. The lowest BCUT2D eigenvalue weighted by molar-refractivity contribution is 0.103. The molecule has 0 unspecified atom stereocenters. The van der Waals surface area contributed by atoms with Gasteiger partial charge in [0.05, 0.1) is 0 Å². The average molecular weight is 507 g/mol. The Kier molecular flexibility index (Phi) is 7.70. The highest BCUT2D eigenvalue weighted by molar-refractivity contribution is 6.11. The van der Waals surface area contributed by atoms with E-state index in [2.05, 4.69) is 32.7 Å². The van der Waals surface area contributed by atoms with Crippen LogP contribution in [0.5, 0.6) is 0 Å². The molecule has 5 heteroatoms. The van der Waals surface area contributed by atoms with E-state index in [0.717, 1.165) is 44.5 Å². The van der Waals surface area contributed by atoms with E-state index in [0.29, 0.717) is 11.1 Å². The molecular formula is C34H26N4O. The van der Waals surface area contributed by atoms with Crippen LogP contribution >= 0.6 is 0 Å². The van der Waals surface area contributed by atoms with Gasteiger partial charge in [0, 0.05) is 71.2 Å². The minimum Gasteiger partial charge on any atom is -0.289 e. The summed E-state index contributed by atoms with van der Waals surface area (Å²) in [6, 6.07) is 23.4. The first-order valence-electron chi connectivity index (χ1n) is 12.5. The smallest absolute Gasteiger partial charge is 0.193 e. The van der Waals surface area contributed by atoms with Gasteiger partial charge in [-0.2, -0.15) is 0 Å². The predicted molar refractivity (Wildman–Crippen MR) is 158 cm³/mol. The Balaban J connectivity index is 1.69. The van der Waals surface area contributed by atoms with Crippen molar-refractivity contribution in [2.24, 2.45) is 4.99 Å². The zero-order valence-electron chi connectivity index (χ0n) is 21.5. The highest BCUT2D eigenvalue weighted by Crippen LogP contribution is 2.31. The summed E-state index contributed by atoms with van der Waals surface area (Å²) in [6.45, 7) is 5.57. The summed E-state index contributed by atoms with van der Waals surface area (Å²) >= 11 is 0. The van der Waals surface area contributed by atoms with Gasteiger partial charge < -0.3 is 0 Å². The van der Waals surface area contributed by atoms with Crippen molar-refractivity contribution in [2.75, 3.05) is 0 Å². The van der Waals surface area contributed by atoms with Gasteiger partial charge in [-0.1, -0.05) is 30.4 Å². The van der Waals surface area contributed by atoms with Crippen molar-refractivity contribution in [3.05, 3.63) is 145 Å². The SMILES string of the molecule is C=N/C=C(\C=C/C)c1cc(C(=O)c2cc(-c3cccnc3)cc(-c3cccnc3)c2)cc(-c2cccnc2)c1. The molecule has 5 nitrogen and oxygen atoms in total. The van der Waals surface area contributed by atoms with Crippen molar-refractivity contribution in [3.63, 3.8) is 0 Å². The first kappa shape index (κ1) is 25.4. The molecule has 0 N–H and O–H groups in total. The molecule has 3 aromatic heterocycles. The number of hydrogen-bond donors (Lipinski definition) is 0. The van der Waals surface area contributed by atoms with E-state index in [1.165, 1.54) is 0 Å². The largest absolute Gasteiger partial charge is 0.289 e. The number of pyridine rings is 3. The fourth-order valence-corrected chi connectivity index (χ4v) is 4.44. The summed E-state index contributed by atoms with van der Waals surface area (Å²) in [5.74, 6) is -0.0933. The molecule has 0 bridgehead atoms. The van der Waals surface area contributed by atoms with E-state index < -0.39 is 0 Å². The van der Waals surface area contributed by atoms with Gasteiger partial charge in [-0.3, -0.25) is 24.7 Å². The number of benzene rings is 2. The molecule has 0 aliphatic carbocycles. The number of aromatic nitrogens is 3. The Hall–Kier alpha value is -5.29. The molecule has 5 aromatic rings. The summed E-state index contributed by atoms with van der Waals surface area (Å²) in [6.07, 6.45) is 16.2. The summed E-state index contributed by atoms with van der Waals surface area (Å²) in [4.78, 5) is 31.0. The molecular weight excluding hydrogens is 480 g/mol. The summed E-state index contributed by atoms with van der Waals surface area (Å²) < 4.78 is 0. The minimum atomic E-state index is -0.0933. The van der Waals surface area contributed by atoms with Crippen LogP contribution in [0.3, 0.4) is 0 Å². The van der Waals surface area contributed by atoms with E-state index in [4.69, 9.17) is 0 Å². The molecule has 0 aliphatic heterocycles. The second kappa shape index (κ2) is 11.8. The standard InChI is InChI=1S/C34H26N4O/c1-3-7-24(20-35-2)28-14-29(25-8-4-11-36-21-25)17-32(16-28)34(39)33-18-30(26-9-5-12-37-22-26)15-31(19-33)27-10-6-13-38-23-27/h3-23H,2H2,1H3/b7-3-,24-20+. The number of rotatable bonds is 8. The van der Waals surface area contributed by atoms with Gasteiger partial charge in [0.2, 0.25) is 0 Å². The molecule has 188 valence electrons. The van der Waals surface area contributed by atoms with Gasteiger partial charge in [-0.05, 0) is 96.1 Å². The number of nitrogens with zero attached hydrogens (tertiary/aromatic N) is 4. The van der Waals surface area contributed by atoms with Crippen LogP contribution in [0.4, 0.5) is 0 Å². The molecule has 2 aromatic carbocycles. The number of carbonyl (C=O) groups is 1. The zero-order valence-corrected chi connectivity index (χ0v) is 21.5. The van der Waals surface area contributed by atoms with Crippen LogP contribution in [0.15, 0.2) is 133 Å². The number of ketones is 1. The zero-order chi connectivity index (χ0) is 27.0. The van der Waals surface area contributed by atoms with Crippen molar-refractivity contribution in [1.82, 2.24) is 15.0 Å². The van der Waals surface area contributed by atoms with Gasteiger partial charge in [-0.15, -0.1) is 0 Å².